The predicted molar refractivity (Wildman–Crippen MR) is 97.0 cm³/mol. The lowest BCUT2D eigenvalue weighted by molar-refractivity contribution is -0.157. The number of fused-ring (bicyclic) bond motifs is 2. The maximum absolute atomic E-state index is 13.6. The summed E-state index contributed by atoms with van der Waals surface area (Å²) in [6.45, 7) is 5.60. The lowest BCUT2D eigenvalue weighted by Gasteiger charge is -2.54. The Morgan fingerprint density at radius 3 is 2.48 bits per heavy atom. The molecule has 140 valence electrons. The van der Waals surface area contributed by atoms with Crippen molar-refractivity contribution in [2.24, 2.45) is 11.8 Å². The van der Waals surface area contributed by atoms with E-state index in [-0.39, 0.29) is 30.0 Å². The van der Waals surface area contributed by atoms with Crippen LogP contribution in [0.4, 0.5) is 0 Å². The number of nitrogens with one attached hydrogen (secondary N) is 1. The van der Waals surface area contributed by atoms with Crippen LogP contribution in [0.25, 0.3) is 0 Å². The van der Waals surface area contributed by atoms with Crippen molar-refractivity contribution in [3.05, 3.63) is 0 Å². The first-order valence-corrected chi connectivity index (χ1v) is 10.4. The zero-order chi connectivity index (χ0) is 17.6. The summed E-state index contributed by atoms with van der Waals surface area (Å²) < 4.78 is 0. The van der Waals surface area contributed by atoms with Gasteiger partial charge in [0.05, 0.1) is 12.1 Å². The molecule has 0 aromatic rings. The highest BCUT2D eigenvalue weighted by Crippen LogP contribution is 2.40. The molecule has 5 unspecified atom stereocenters. The second-order valence-corrected chi connectivity index (χ2v) is 8.74. The van der Waals surface area contributed by atoms with E-state index < -0.39 is 0 Å². The molecule has 2 aliphatic heterocycles. The third-order valence-electron chi connectivity index (χ3n) is 7.30. The van der Waals surface area contributed by atoms with Gasteiger partial charge in [0.2, 0.25) is 11.8 Å². The summed E-state index contributed by atoms with van der Waals surface area (Å²) in [6, 6.07) is 1.18. The van der Waals surface area contributed by atoms with E-state index in [0.29, 0.717) is 17.9 Å². The smallest absolute Gasteiger partial charge is 0.226 e. The van der Waals surface area contributed by atoms with Crippen LogP contribution in [-0.4, -0.2) is 58.9 Å². The largest absolute Gasteiger partial charge is 0.335 e. The first kappa shape index (κ1) is 17.3. The van der Waals surface area contributed by atoms with E-state index in [4.69, 9.17) is 0 Å². The molecular formula is C20H33N3O2. The standard InChI is InChI=1S/C20H33N3O2/c1-13-12-22(18-8-3-4-9-19(18)23(13)14(2)24)20(25)16-6-5-7-17-15(16)10-11-21-17/h13,15-19,21H,3-12H2,1-2H3/t13-,15?,16?,17?,18?,19?/m0/s1. The van der Waals surface area contributed by atoms with Gasteiger partial charge in [0.25, 0.3) is 0 Å². The van der Waals surface area contributed by atoms with Gasteiger partial charge in [-0.3, -0.25) is 9.59 Å². The Hall–Kier alpha value is -1.10. The molecule has 25 heavy (non-hydrogen) atoms. The van der Waals surface area contributed by atoms with Gasteiger partial charge >= 0.3 is 0 Å². The maximum Gasteiger partial charge on any atom is 0.226 e. The molecule has 0 spiro atoms. The van der Waals surface area contributed by atoms with Gasteiger partial charge in [0, 0.05) is 31.5 Å². The molecule has 4 fully saturated rings. The van der Waals surface area contributed by atoms with E-state index >= 15 is 0 Å². The maximum atomic E-state index is 13.6. The summed E-state index contributed by atoms with van der Waals surface area (Å²) in [5.74, 6) is 1.30. The Morgan fingerprint density at radius 2 is 1.72 bits per heavy atom. The Balaban J connectivity index is 1.56. The van der Waals surface area contributed by atoms with Gasteiger partial charge in [-0.25, -0.2) is 0 Å². The Labute approximate surface area is 151 Å². The summed E-state index contributed by atoms with van der Waals surface area (Å²) in [4.78, 5) is 30.1. The summed E-state index contributed by atoms with van der Waals surface area (Å²) >= 11 is 0. The molecule has 4 rings (SSSR count). The normalized spacial score (nSPS) is 41.2. The molecule has 4 aliphatic rings. The number of hydrogen-bond donors (Lipinski definition) is 1. The first-order valence-electron chi connectivity index (χ1n) is 10.4. The number of piperazine rings is 1. The Bertz CT molecular complexity index is 537. The van der Waals surface area contributed by atoms with Crippen molar-refractivity contribution in [1.82, 2.24) is 15.1 Å². The first-order chi connectivity index (χ1) is 12.1. The topological polar surface area (TPSA) is 52.7 Å². The van der Waals surface area contributed by atoms with Crippen molar-refractivity contribution >= 4 is 11.8 Å². The molecule has 0 radical (unpaired) electrons. The summed E-state index contributed by atoms with van der Waals surface area (Å²) in [5.41, 5.74) is 0. The van der Waals surface area contributed by atoms with Gasteiger partial charge < -0.3 is 15.1 Å². The van der Waals surface area contributed by atoms with Gasteiger partial charge in [-0.05, 0) is 51.5 Å². The minimum absolute atomic E-state index is 0.141. The minimum atomic E-state index is 0.141. The van der Waals surface area contributed by atoms with Crippen molar-refractivity contribution in [2.75, 3.05) is 13.1 Å². The van der Waals surface area contributed by atoms with Gasteiger partial charge in [0.1, 0.15) is 0 Å². The summed E-state index contributed by atoms with van der Waals surface area (Å²) in [6.07, 6.45) is 9.08. The van der Waals surface area contributed by atoms with Crippen molar-refractivity contribution in [3.63, 3.8) is 0 Å². The summed E-state index contributed by atoms with van der Waals surface area (Å²) in [7, 11) is 0. The minimum Gasteiger partial charge on any atom is -0.335 e. The third kappa shape index (κ3) is 2.98. The Kier molecular flexibility index (Phi) is 4.78. The molecule has 5 heteroatoms. The van der Waals surface area contributed by atoms with Crippen LogP contribution in [0.3, 0.4) is 0 Å². The SMILES string of the molecule is CC(=O)N1C2CCCCC2N(C(=O)C2CCCC3NCCC32)C[C@@H]1C. The van der Waals surface area contributed by atoms with Gasteiger partial charge in [-0.15, -0.1) is 0 Å². The van der Waals surface area contributed by atoms with E-state index in [2.05, 4.69) is 22.0 Å². The quantitative estimate of drug-likeness (QED) is 0.791. The van der Waals surface area contributed by atoms with Gasteiger partial charge in [-0.1, -0.05) is 19.3 Å². The molecular weight excluding hydrogens is 314 g/mol. The van der Waals surface area contributed by atoms with E-state index in [9.17, 15) is 9.59 Å². The highest BCUT2D eigenvalue weighted by atomic mass is 16.2. The fourth-order valence-electron chi connectivity index (χ4n) is 6.29. The molecule has 2 saturated carbocycles. The number of rotatable bonds is 1. The average molecular weight is 348 g/mol. The van der Waals surface area contributed by atoms with Crippen LogP contribution in [0, 0.1) is 11.8 Å². The zero-order valence-electron chi connectivity index (χ0n) is 15.7. The van der Waals surface area contributed by atoms with Crippen molar-refractivity contribution < 1.29 is 9.59 Å². The molecule has 2 amide bonds. The number of hydrogen-bond acceptors (Lipinski definition) is 3. The lowest BCUT2D eigenvalue weighted by atomic mass is 9.74. The molecule has 1 N–H and O–H groups in total. The van der Waals surface area contributed by atoms with Gasteiger partial charge in [0.15, 0.2) is 0 Å². The number of carbonyl (C=O) groups is 2. The predicted octanol–water partition coefficient (Wildman–Crippen LogP) is 2.16. The second-order valence-electron chi connectivity index (χ2n) is 8.74. The van der Waals surface area contributed by atoms with E-state index in [1.807, 2.05) is 0 Å². The van der Waals surface area contributed by atoms with E-state index in [1.54, 1.807) is 6.92 Å². The Morgan fingerprint density at radius 1 is 0.960 bits per heavy atom. The fourth-order valence-corrected chi connectivity index (χ4v) is 6.29. The van der Waals surface area contributed by atoms with Crippen LogP contribution in [0.15, 0.2) is 0 Å². The molecule has 2 aliphatic carbocycles. The van der Waals surface area contributed by atoms with Crippen LogP contribution >= 0.6 is 0 Å². The van der Waals surface area contributed by atoms with Crippen molar-refractivity contribution in [3.8, 4) is 0 Å². The number of nitrogens with zero attached hydrogens (tertiary/aromatic N) is 2. The highest BCUT2D eigenvalue weighted by molar-refractivity contribution is 5.81. The summed E-state index contributed by atoms with van der Waals surface area (Å²) in [5, 5.41) is 3.61. The zero-order valence-corrected chi connectivity index (χ0v) is 15.7. The van der Waals surface area contributed by atoms with Crippen LogP contribution in [-0.2, 0) is 9.59 Å². The molecule has 0 bridgehead atoms. The highest BCUT2D eigenvalue weighted by Gasteiger charge is 2.48. The molecule has 0 aromatic carbocycles. The van der Waals surface area contributed by atoms with Crippen LogP contribution < -0.4 is 5.32 Å². The molecule has 5 nitrogen and oxygen atoms in total. The monoisotopic (exact) mass is 347 g/mol. The van der Waals surface area contributed by atoms with Crippen LogP contribution in [0.5, 0.6) is 0 Å². The van der Waals surface area contributed by atoms with Crippen LogP contribution in [0.1, 0.15) is 65.2 Å². The third-order valence-corrected chi connectivity index (χ3v) is 7.30. The molecule has 6 atom stereocenters. The molecule has 0 aromatic heterocycles. The number of amides is 2. The molecule has 2 saturated heterocycles. The van der Waals surface area contributed by atoms with Crippen LogP contribution in [0.2, 0.25) is 0 Å². The lowest BCUT2D eigenvalue weighted by Crippen LogP contribution is -2.67. The molecule has 2 heterocycles. The van der Waals surface area contributed by atoms with E-state index in [0.717, 1.165) is 38.8 Å². The van der Waals surface area contributed by atoms with Gasteiger partial charge in [-0.2, -0.15) is 0 Å². The fraction of sp³-hybridized carbons (Fsp3) is 0.900. The van der Waals surface area contributed by atoms with Crippen molar-refractivity contribution in [1.29, 1.82) is 0 Å². The van der Waals surface area contributed by atoms with Crippen molar-refractivity contribution in [2.45, 2.75) is 89.4 Å². The second kappa shape index (κ2) is 6.90. The van der Waals surface area contributed by atoms with E-state index in [1.165, 1.54) is 25.7 Å². The average Bonchev–Trinajstić information content (AvgIpc) is 3.08. The number of carbonyl (C=O) groups excluding carboxylic acids is 2.